The van der Waals surface area contributed by atoms with Crippen molar-refractivity contribution >= 4 is 23.3 Å². The molecule has 2 aromatic rings. The van der Waals surface area contributed by atoms with E-state index in [2.05, 4.69) is 10.1 Å². The van der Waals surface area contributed by atoms with Crippen molar-refractivity contribution < 1.29 is 32.5 Å². The quantitative estimate of drug-likeness (QED) is 0.595. The third-order valence-corrected chi connectivity index (χ3v) is 3.75. The molecule has 1 unspecified atom stereocenters. The van der Waals surface area contributed by atoms with E-state index < -0.39 is 17.8 Å². The number of alkyl halides is 3. The Morgan fingerprint density at radius 2 is 1.81 bits per heavy atom. The van der Waals surface area contributed by atoms with Crippen LogP contribution in [0.5, 0.6) is 17.2 Å². The summed E-state index contributed by atoms with van der Waals surface area (Å²) in [7, 11) is 2.89. The number of benzene rings is 2. The summed E-state index contributed by atoms with van der Waals surface area (Å²) in [6, 6.07) is 8.95. The van der Waals surface area contributed by atoms with E-state index >= 15 is 0 Å². The van der Waals surface area contributed by atoms with Gasteiger partial charge in [0, 0.05) is 22.9 Å². The van der Waals surface area contributed by atoms with E-state index in [1.807, 2.05) is 0 Å². The van der Waals surface area contributed by atoms with Crippen LogP contribution in [0, 0.1) is 0 Å². The van der Waals surface area contributed by atoms with Gasteiger partial charge in [-0.1, -0.05) is 0 Å². The van der Waals surface area contributed by atoms with Gasteiger partial charge in [0.2, 0.25) is 6.23 Å². The highest BCUT2D eigenvalue weighted by Gasteiger charge is 2.36. The van der Waals surface area contributed by atoms with Crippen molar-refractivity contribution in [1.82, 2.24) is 0 Å². The van der Waals surface area contributed by atoms with Crippen LogP contribution in [-0.2, 0) is 4.74 Å². The minimum atomic E-state index is -3.79. The number of esters is 1. The normalized spacial score (nSPS) is 15.9. The largest absolute Gasteiger partial charge is 0.493 e. The zero-order valence-corrected chi connectivity index (χ0v) is 14.5. The first-order chi connectivity index (χ1) is 12.3. The Bertz CT molecular complexity index is 823. The lowest BCUT2D eigenvalue weighted by atomic mass is 10.1. The lowest BCUT2D eigenvalue weighted by molar-refractivity contribution is -0.0964. The van der Waals surface area contributed by atoms with Crippen LogP contribution in [0.1, 0.15) is 22.1 Å². The highest BCUT2D eigenvalue weighted by Crippen LogP contribution is 2.42. The van der Waals surface area contributed by atoms with Gasteiger partial charge in [-0.05, 0) is 36.4 Å². The number of rotatable bonds is 6. The fraction of sp³-hybridized carbons (Fsp3) is 0.235. The Kier molecular flexibility index (Phi) is 4.78. The Balaban J connectivity index is 1.82. The van der Waals surface area contributed by atoms with E-state index in [9.17, 15) is 13.6 Å². The number of hydrogen-bond donors (Lipinski definition) is 1. The Morgan fingerprint density at radius 1 is 1.12 bits per heavy atom. The molecule has 0 bridgehead atoms. The average Bonchev–Trinajstić information content (AvgIpc) is 2.90. The molecule has 1 aliphatic rings. The SMILES string of the molecule is COc1ccc2c(c1OC)C(=O)OC2Nc1ccc(OC(F)(F)Cl)cc1. The van der Waals surface area contributed by atoms with Crippen molar-refractivity contribution in [2.75, 3.05) is 19.5 Å². The van der Waals surface area contributed by atoms with Gasteiger partial charge in [-0.25, -0.2) is 4.79 Å². The lowest BCUT2D eigenvalue weighted by Gasteiger charge is -2.16. The summed E-state index contributed by atoms with van der Waals surface area (Å²) in [5, 5.41) is 2.99. The van der Waals surface area contributed by atoms with Crippen LogP contribution in [0.3, 0.4) is 0 Å². The van der Waals surface area contributed by atoms with Crippen LogP contribution >= 0.6 is 11.6 Å². The number of halogens is 3. The fourth-order valence-corrected chi connectivity index (χ4v) is 2.70. The number of methoxy groups -OCH3 is 2. The molecule has 1 heterocycles. The molecule has 3 rings (SSSR count). The molecule has 1 atom stereocenters. The second-order valence-corrected chi connectivity index (χ2v) is 5.71. The van der Waals surface area contributed by atoms with Crippen LogP contribution in [0.15, 0.2) is 36.4 Å². The third kappa shape index (κ3) is 3.60. The molecular weight excluding hydrogens is 372 g/mol. The number of nitrogens with one attached hydrogen (secondary N) is 1. The van der Waals surface area contributed by atoms with Gasteiger partial charge in [0.1, 0.15) is 11.3 Å². The van der Waals surface area contributed by atoms with Crippen LogP contribution in [0.25, 0.3) is 0 Å². The van der Waals surface area contributed by atoms with Crippen molar-refractivity contribution in [3.05, 3.63) is 47.5 Å². The second-order valence-electron chi connectivity index (χ2n) is 5.27. The number of carbonyl (C=O) groups excluding carboxylic acids is 1. The van der Waals surface area contributed by atoms with Gasteiger partial charge in [0.15, 0.2) is 11.5 Å². The van der Waals surface area contributed by atoms with Gasteiger partial charge < -0.3 is 24.3 Å². The minimum absolute atomic E-state index is 0.106. The van der Waals surface area contributed by atoms with Crippen molar-refractivity contribution in [1.29, 1.82) is 0 Å². The molecule has 0 radical (unpaired) electrons. The second kappa shape index (κ2) is 6.87. The molecule has 138 valence electrons. The predicted molar refractivity (Wildman–Crippen MR) is 89.2 cm³/mol. The fourth-order valence-electron chi connectivity index (χ4n) is 2.61. The van der Waals surface area contributed by atoms with Crippen molar-refractivity contribution in [2.45, 2.75) is 11.8 Å². The average molecular weight is 386 g/mol. The minimum Gasteiger partial charge on any atom is -0.493 e. The third-order valence-electron chi connectivity index (χ3n) is 3.67. The molecule has 9 heteroatoms. The number of ether oxygens (including phenoxy) is 4. The molecule has 1 aliphatic heterocycles. The monoisotopic (exact) mass is 385 g/mol. The van der Waals surface area contributed by atoms with Crippen LogP contribution in [0.2, 0.25) is 0 Å². The number of carbonyl (C=O) groups is 1. The zero-order chi connectivity index (χ0) is 18.9. The summed E-state index contributed by atoms with van der Waals surface area (Å²) in [6.45, 7) is 0. The van der Waals surface area contributed by atoms with Crippen molar-refractivity contribution in [3.63, 3.8) is 0 Å². The van der Waals surface area contributed by atoms with Crippen LogP contribution in [-0.4, -0.2) is 25.8 Å². The molecule has 0 fully saturated rings. The number of hydrogen-bond acceptors (Lipinski definition) is 6. The molecule has 26 heavy (non-hydrogen) atoms. The zero-order valence-electron chi connectivity index (χ0n) is 13.7. The van der Waals surface area contributed by atoms with Crippen LogP contribution < -0.4 is 19.5 Å². The van der Waals surface area contributed by atoms with Crippen molar-refractivity contribution in [3.8, 4) is 17.2 Å². The molecule has 1 N–H and O–H groups in total. The molecule has 0 amide bonds. The van der Waals surface area contributed by atoms with E-state index in [1.165, 1.54) is 38.5 Å². The van der Waals surface area contributed by atoms with E-state index in [4.69, 9.17) is 25.8 Å². The van der Waals surface area contributed by atoms with Gasteiger partial charge in [-0.3, -0.25) is 0 Å². The van der Waals surface area contributed by atoms with Gasteiger partial charge in [-0.2, -0.15) is 0 Å². The van der Waals surface area contributed by atoms with Crippen LogP contribution in [0.4, 0.5) is 14.5 Å². The highest BCUT2D eigenvalue weighted by molar-refractivity contribution is 6.20. The molecule has 0 spiro atoms. The summed E-state index contributed by atoms with van der Waals surface area (Å²) < 4.78 is 45.3. The molecular formula is C17H14ClF2NO5. The summed E-state index contributed by atoms with van der Waals surface area (Å²) in [6.07, 6.45) is -0.765. The molecule has 0 saturated carbocycles. The topological polar surface area (TPSA) is 66.0 Å². The maximum atomic E-state index is 12.6. The number of cyclic esters (lactones) is 1. The van der Waals surface area contributed by atoms with E-state index in [0.29, 0.717) is 17.0 Å². The van der Waals surface area contributed by atoms with Gasteiger partial charge in [-0.15, -0.1) is 8.78 Å². The van der Waals surface area contributed by atoms with Gasteiger partial charge in [0.25, 0.3) is 0 Å². The van der Waals surface area contributed by atoms with E-state index in [-0.39, 0.29) is 17.1 Å². The first-order valence-corrected chi connectivity index (χ1v) is 7.78. The number of fused-ring (bicyclic) bond motifs is 1. The summed E-state index contributed by atoms with van der Waals surface area (Å²) >= 11 is 4.72. The lowest BCUT2D eigenvalue weighted by Crippen LogP contribution is -2.15. The van der Waals surface area contributed by atoms with Gasteiger partial charge >= 0.3 is 11.5 Å². The first kappa shape index (κ1) is 18.1. The highest BCUT2D eigenvalue weighted by atomic mass is 35.5. The Morgan fingerprint density at radius 3 is 2.38 bits per heavy atom. The van der Waals surface area contributed by atoms with Gasteiger partial charge in [0.05, 0.1) is 14.2 Å². The summed E-state index contributed by atoms with van der Waals surface area (Å²) in [5.41, 5.74) is -2.42. The summed E-state index contributed by atoms with van der Waals surface area (Å²) in [4.78, 5) is 12.2. The Hall–Kier alpha value is -2.74. The smallest absolute Gasteiger partial charge is 0.487 e. The maximum Gasteiger partial charge on any atom is 0.487 e. The first-order valence-electron chi connectivity index (χ1n) is 7.40. The molecule has 0 aliphatic carbocycles. The molecule has 0 aromatic heterocycles. The molecule has 2 aromatic carbocycles. The predicted octanol–water partition coefficient (Wildman–Crippen LogP) is 4.15. The standard InChI is InChI=1S/C17H14ClF2NO5/c1-23-12-8-7-11-13(14(12)24-2)16(22)25-15(11)21-9-3-5-10(6-4-9)26-17(18,19)20/h3-8,15,21H,1-2H3. The van der Waals surface area contributed by atoms with Crippen molar-refractivity contribution in [2.24, 2.45) is 0 Å². The molecule has 0 saturated heterocycles. The Labute approximate surface area is 152 Å². The maximum absolute atomic E-state index is 12.6. The summed E-state index contributed by atoms with van der Waals surface area (Å²) in [5.74, 6) is 0.0282. The van der Waals surface area contributed by atoms with E-state index in [1.54, 1.807) is 12.1 Å². The number of anilines is 1. The molecule has 6 nitrogen and oxygen atoms in total. The van der Waals surface area contributed by atoms with E-state index in [0.717, 1.165) is 0 Å².